The number of anilines is 1. The summed E-state index contributed by atoms with van der Waals surface area (Å²) in [6, 6.07) is 12.7. The molecule has 0 bridgehead atoms. The van der Waals surface area contributed by atoms with Crippen molar-refractivity contribution in [2.24, 2.45) is 5.73 Å². The van der Waals surface area contributed by atoms with Crippen LogP contribution in [0.2, 0.25) is 0 Å². The average Bonchev–Trinajstić information content (AvgIpc) is 2.59. The number of carbonyl (C=O) groups excluding carboxylic acids is 1. The summed E-state index contributed by atoms with van der Waals surface area (Å²) in [5.74, 6) is -0.524. The Morgan fingerprint density at radius 2 is 1.80 bits per heavy atom. The Labute approximate surface area is 149 Å². The number of amides is 1. The van der Waals surface area contributed by atoms with Crippen LogP contribution in [0.1, 0.15) is 22.8 Å². The molecule has 0 saturated heterocycles. The summed E-state index contributed by atoms with van der Waals surface area (Å²) in [5, 5.41) is 1.25. The van der Waals surface area contributed by atoms with Gasteiger partial charge in [-0.3, -0.25) is 10.2 Å². The van der Waals surface area contributed by atoms with Crippen molar-refractivity contribution in [1.82, 2.24) is 5.43 Å². The summed E-state index contributed by atoms with van der Waals surface area (Å²) >= 11 is 4.98. The first-order valence-electron chi connectivity index (χ1n) is 7.45. The van der Waals surface area contributed by atoms with Crippen LogP contribution in [0.25, 0.3) is 0 Å². The first-order valence-corrected chi connectivity index (χ1v) is 7.86. The van der Waals surface area contributed by atoms with Crippen molar-refractivity contribution >= 4 is 28.9 Å². The van der Waals surface area contributed by atoms with Crippen LogP contribution >= 0.6 is 12.2 Å². The largest absolute Gasteiger partial charge is 0.435 e. The highest BCUT2D eigenvalue weighted by Crippen LogP contribution is 2.17. The lowest BCUT2D eigenvalue weighted by atomic mass is 10.1. The number of thiocarbonyl (C=S) groups is 1. The molecule has 0 atom stereocenters. The maximum Gasteiger partial charge on any atom is 0.387 e. The molecule has 2 aromatic rings. The van der Waals surface area contributed by atoms with Crippen LogP contribution in [0.5, 0.6) is 5.75 Å². The predicted molar refractivity (Wildman–Crippen MR) is 95.6 cm³/mol. The van der Waals surface area contributed by atoms with Crippen LogP contribution in [-0.4, -0.2) is 17.6 Å². The lowest BCUT2D eigenvalue weighted by Gasteiger charge is -2.23. The minimum Gasteiger partial charge on any atom is -0.435 e. The fraction of sp³-hybridized carbons (Fsp3) is 0.176. The number of aryl methyl sites for hydroxylation is 1. The Morgan fingerprint density at radius 1 is 1.20 bits per heavy atom. The van der Waals surface area contributed by atoms with Gasteiger partial charge in [-0.1, -0.05) is 19.1 Å². The van der Waals surface area contributed by atoms with Gasteiger partial charge < -0.3 is 10.5 Å². The van der Waals surface area contributed by atoms with Gasteiger partial charge in [0.05, 0.1) is 5.69 Å². The second-order valence-corrected chi connectivity index (χ2v) is 5.46. The number of rotatable bonds is 5. The first-order chi connectivity index (χ1) is 11.9. The van der Waals surface area contributed by atoms with Gasteiger partial charge in [-0.2, -0.15) is 8.78 Å². The van der Waals surface area contributed by atoms with Gasteiger partial charge in [0.1, 0.15) is 5.75 Å². The molecule has 0 unspecified atom stereocenters. The summed E-state index contributed by atoms with van der Waals surface area (Å²) in [7, 11) is 0. The number of hydrazine groups is 1. The van der Waals surface area contributed by atoms with Gasteiger partial charge in [0.2, 0.25) is 0 Å². The van der Waals surface area contributed by atoms with E-state index >= 15 is 0 Å². The van der Waals surface area contributed by atoms with Gasteiger partial charge >= 0.3 is 6.61 Å². The third kappa shape index (κ3) is 5.12. The number of hydrogen-bond acceptors (Lipinski definition) is 3. The highest BCUT2D eigenvalue weighted by atomic mass is 32.1. The van der Waals surface area contributed by atoms with Gasteiger partial charge in [-0.25, -0.2) is 5.01 Å². The molecule has 0 saturated carbocycles. The van der Waals surface area contributed by atoms with Crippen molar-refractivity contribution in [3.63, 3.8) is 0 Å². The molecule has 0 aliphatic carbocycles. The lowest BCUT2D eigenvalue weighted by molar-refractivity contribution is -0.0498. The number of nitrogens with one attached hydrogen (secondary N) is 1. The van der Waals surface area contributed by atoms with Crippen LogP contribution in [0.3, 0.4) is 0 Å². The SMILES string of the molecule is CCc1ccc(N(NC(=O)c2ccc(OC(F)F)cc2)C(N)=S)cc1. The fourth-order valence-corrected chi connectivity index (χ4v) is 2.23. The van der Waals surface area contributed by atoms with E-state index in [1.165, 1.54) is 29.3 Å². The van der Waals surface area contributed by atoms with E-state index in [4.69, 9.17) is 18.0 Å². The molecule has 2 rings (SSSR count). The third-order valence-electron chi connectivity index (χ3n) is 3.38. The molecule has 25 heavy (non-hydrogen) atoms. The average molecular weight is 365 g/mol. The molecule has 5 nitrogen and oxygen atoms in total. The monoisotopic (exact) mass is 365 g/mol. The standard InChI is InChI=1S/C17H17F2N3O2S/c1-2-11-3-7-13(8-4-11)22(17(20)25)21-15(23)12-5-9-14(10-6-12)24-16(18)19/h3-10,16H,2H2,1H3,(H2,20,25)(H,21,23). The summed E-state index contributed by atoms with van der Waals surface area (Å²) in [6.07, 6.45) is 0.882. The van der Waals surface area contributed by atoms with Gasteiger partial charge in [0, 0.05) is 5.56 Å². The zero-order valence-electron chi connectivity index (χ0n) is 13.4. The molecule has 0 heterocycles. The molecule has 0 spiro atoms. The van der Waals surface area contributed by atoms with Crippen LogP contribution in [0.15, 0.2) is 48.5 Å². The molecule has 3 N–H and O–H groups in total. The lowest BCUT2D eigenvalue weighted by Crippen LogP contribution is -2.49. The highest BCUT2D eigenvalue weighted by Gasteiger charge is 2.15. The quantitative estimate of drug-likeness (QED) is 0.629. The van der Waals surface area contributed by atoms with Crippen molar-refractivity contribution in [1.29, 1.82) is 0 Å². The Hall–Kier alpha value is -2.74. The highest BCUT2D eigenvalue weighted by molar-refractivity contribution is 7.80. The number of alkyl halides is 2. The molecular weight excluding hydrogens is 348 g/mol. The number of ether oxygens (including phenoxy) is 1. The minimum atomic E-state index is -2.92. The van der Waals surface area contributed by atoms with Crippen LogP contribution in [0, 0.1) is 0 Å². The molecule has 0 radical (unpaired) electrons. The van der Waals surface area contributed by atoms with Crippen molar-refractivity contribution in [2.75, 3.05) is 5.01 Å². The molecule has 8 heteroatoms. The second kappa shape index (κ2) is 8.39. The Morgan fingerprint density at radius 3 is 2.28 bits per heavy atom. The molecule has 0 aliphatic heterocycles. The smallest absolute Gasteiger partial charge is 0.387 e. The topological polar surface area (TPSA) is 67.6 Å². The van der Waals surface area contributed by atoms with E-state index in [2.05, 4.69) is 10.2 Å². The number of carbonyl (C=O) groups is 1. The van der Waals surface area contributed by atoms with Gasteiger partial charge in [-0.05, 0) is 60.6 Å². The molecular formula is C17H17F2N3O2S. The maximum atomic E-state index is 12.3. The van der Waals surface area contributed by atoms with E-state index in [1.807, 2.05) is 19.1 Å². The normalized spacial score (nSPS) is 10.4. The first kappa shape index (κ1) is 18.6. The summed E-state index contributed by atoms with van der Waals surface area (Å²) in [6.45, 7) is -0.889. The van der Waals surface area contributed by atoms with Crippen molar-refractivity contribution in [3.05, 3.63) is 59.7 Å². The van der Waals surface area contributed by atoms with Crippen LogP contribution < -0.4 is 20.9 Å². The number of hydrogen-bond donors (Lipinski definition) is 2. The molecule has 0 fully saturated rings. The van der Waals surface area contributed by atoms with Crippen molar-refractivity contribution < 1.29 is 18.3 Å². The van der Waals surface area contributed by atoms with Crippen LogP contribution in [0.4, 0.5) is 14.5 Å². The summed E-state index contributed by atoms with van der Waals surface area (Å²) in [4.78, 5) is 12.3. The van der Waals surface area contributed by atoms with Crippen molar-refractivity contribution in [2.45, 2.75) is 20.0 Å². The van der Waals surface area contributed by atoms with Gasteiger partial charge in [0.25, 0.3) is 5.91 Å². The van der Waals surface area contributed by atoms with E-state index in [1.54, 1.807) is 12.1 Å². The number of nitrogens with zero attached hydrogens (tertiary/aromatic N) is 1. The van der Waals surface area contributed by atoms with Crippen molar-refractivity contribution in [3.8, 4) is 5.75 Å². The van der Waals surface area contributed by atoms with Crippen LogP contribution in [-0.2, 0) is 6.42 Å². The van der Waals surface area contributed by atoms with E-state index in [9.17, 15) is 13.6 Å². The maximum absolute atomic E-state index is 12.3. The number of nitrogens with two attached hydrogens (primary N) is 1. The second-order valence-electron chi connectivity index (χ2n) is 5.04. The zero-order chi connectivity index (χ0) is 18.4. The molecule has 0 aliphatic rings. The van der Waals surface area contributed by atoms with Gasteiger partial charge in [-0.15, -0.1) is 0 Å². The minimum absolute atomic E-state index is 0.0322. The predicted octanol–water partition coefficient (Wildman–Crippen LogP) is 3.25. The van der Waals surface area contributed by atoms with E-state index in [0.29, 0.717) is 5.69 Å². The Bertz CT molecular complexity index is 737. The fourth-order valence-electron chi connectivity index (χ4n) is 2.08. The number of benzene rings is 2. The molecule has 0 aromatic heterocycles. The van der Waals surface area contributed by atoms with Gasteiger partial charge in [0.15, 0.2) is 5.11 Å². The number of halogens is 2. The molecule has 2 aromatic carbocycles. The van der Waals surface area contributed by atoms with E-state index in [0.717, 1.165) is 12.0 Å². The zero-order valence-corrected chi connectivity index (χ0v) is 14.2. The molecule has 1 amide bonds. The Kier molecular flexibility index (Phi) is 6.24. The van der Waals surface area contributed by atoms with E-state index in [-0.39, 0.29) is 16.4 Å². The van der Waals surface area contributed by atoms with E-state index < -0.39 is 12.5 Å². The summed E-state index contributed by atoms with van der Waals surface area (Å²) in [5.41, 5.74) is 10.3. The Balaban J connectivity index is 2.13. The summed E-state index contributed by atoms with van der Waals surface area (Å²) < 4.78 is 28.5. The third-order valence-corrected chi connectivity index (χ3v) is 3.56. The molecule has 132 valence electrons.